The van der Waals surface area contributed by atoms with Crippen LogP contribution in [0.15, 0.2) is 41.8 Å². The minimum absolute atomic E-state index is 0.0486. The molecule has 0 fully saturated rings. The molecule has 29 heavy (non-hydrogen) atoms. The topological polar surface area (TPSA) is 71.3 Å². The van der Waals surface area contributed by atoms with Gasteiger partial charge in [0.05, 0.1) is 17.1 Å². The van der Waals surface area contributed by atoms with Crippen LogP contribution in [-0.4, -0.2) is 63.1 Å². The number of benzene rings is 1. The number of rotatable bonds is 7. The van der Waals surface area contributed by atoms with E-state index in [0.717, 1.165) is 4.88 Å². The van der Waals surface area contributed by atoms with Crippen molar-refractivity contribution in [2.45, 2.75) is 13.8 Å². The quantitative estimate of drug-likeness (QED) is 0.595. The lowest BCUT2D eigenvalue weighted by Crippen LogP contribution is -2.41. The number of carbonyl (C=O) groups is 2. The number of thiophene rings is 1. The second-order valence-corrected chi connectivity index (χ2v) is 7.30. The summed E-state index contributed by atoms with van der Waals surface area (Å²) in [5.41, 5.74) is 0.460. The monoisotopic (exact) mass is 415 g/mol. The van der Waals surface area contributed by atoms with Gasteiger partial charge in [0, 0.05) is 20.1 Å². The Morgan fingerprint density at radius 3 is 2.55 bits per heavy atom. The van der Waals surface area contributed by atoms with Gasteiger partial charge in [0.2, 0.25) is 11.7 Å². The van der Waals surface area contributed by atoms with Gasteiger partial charge in [-0.25, -0.2) is 14.1 Å². The Morgan fingerprint density at radius 1 is 1.17 bits per heavy atom. The average molecular weight is 415 g/mol. The lowest BCUT2D eigenvalue weighted by molar-refractivity contribution is -0.131. The molecule has 3 aromatic rings. The van der Waals surface area contributed by atoms with Crippen molar-refractivity contribution in [3.8, 4) is 16.4 Å². The van der Waals surface area contributed by atoms with Gasteiger partial charge in [0.1, 0.15) is 5.82 Å². The summed E-state index contributed by atoms with van der Waals surface area (Å²) in [4.78, 5) is 33.3. The first-order valence-electron chi connectivity index (χ1n) is 9.24. The van der Waals surface area contributed by atoms with E-state index in [9.17, 15) is 14.0 Å². The van der Waals surface area contributed by atoms with Gasteiger partial charge in [-0.3, -0.25) is 9.59 Å². The van der Waals surface area contributed by atoms with E-state index in [1.165, 1.54) is 40.1 Å². The molecule has 152 valence electrons. The summed E-state index contributed by atoms with van der Waals surface area (Å²) in [6.45, 7) is 4.86. The molecule has 9 heteroatoms. The van der Waals surface area contributed by atoms with E-state index >= 15 is 0 Å². The summed E-state index contributed by atoms with van der Waals surface area (Å²) in [6, 6.07) is 9.64. The van der Waals surface area contributed by atoms with Crippen molar-refractivity contribution in [2.24, 2.45) is 0 Å². The Hall–Kier alpha value is -3.07. The van der Waals surface area contributed by atoms with E-state index in [-0.39, 0.29) is 18.3 Å². The van der Waals surface area contributed by atoms with Crippen LogP contribution in [0.2, 0.25) is 0 Å². The maximum absolute atomic E-state index is 13.7. The van der Waals surface area contributed by atoms with Gasteiger partial charge >= 0.3 is 0 Å². The molecule has 0 saturated carbocycles. The summed E-state index contributed by atoms with van der Waals surface area (Å²) in [7, 11) is 1.54. The largest absolute Gasteiger partial charge is 0.342 e. The molecule has 7 nitrogen and oxygen atoms in total. The lowest BCUT2D eigenvalue weighted by atomic mass is 10.3. The van der Waals surface area contributed by atoms with Crippen molar-refractivity contribution in [1.29, 1.82) is 0 Å². The van der Waals surface area contributed by atoms with Crippen molar-refractivity contribution in [3.05, 3.63) is 53.4 Å². The highest BCUT2D eigenvalue weighted by molar-refractivity contribution is 7.13. The summed E-state index contributed by atoms with van der Waals surface area (Å²) >= 11 is 1.44. The van der Waals surface area contributed by atoms with Crippen molar-refractivity contribution in [3.63, 3.8) is 0 Å². The molecule has 2 amide bonds. The Kier molecular flexibility index (Phi) is 6.38. The van der Waals surface area contributed by atoms with Crippen molar-refractivity contribution >= 4 is 23.2 Å². The third-order valence-electron chi connectivity index (χ3n) is 4.43. The fourth-order valence-electron chi connectivity index (χ4n) is 2.88. The highest BCUT2D eigenvalue weighted by atomic mass is 32.1. The van der Waals surface area contributed by atoms with E-state index in [4.69, 9.17) is 0 Å². The van der Waals surface area contributed by atoms with Crippen molar-refractivity contribution in [2.75, 3.05) is 26.7 Å². The molecule has 0 unspecified atom stereocenters. The molecule has 0 spiro atoms. The number of nitrogens with zero attached hydrogens (tertiary/aromatic N) is 5. The molecule has 0 bridgehead atoms. The second-order valence-electron chi connectivity index (χ2n) is 6.36. The normalized spacial score (nSPS) is 10.8. The standard InChI is InChI=1S/C20H22FN5O2S/c1-4-25(5-2)17(27)13-24(3)20(28)18-22-19(16-10-7-11-29-16)26(23-18)15-9-6-8-14(21)12-15/h6-12H,4-5,13H2,1-3H3. The lowest BCUT2D eigenvalue weighted by Gasteiger charge is -2.22. The summed E-state index contributed by atoms with van der Waals surface area (Å²) in [5.74, 6) is -0.637. The van der Waals surface area contributed by atoms with Crippen LogP contribution < -0.4 is 0 Å². The van der Waals surface area contributed by atoms with E-state index in [0.29, 0.717) is 24.6 Å². The molecule has 0 atom stereocenters. The van der Waals surface area contributed by atoms with Crippen LogP contribution in [0.3, 0.4) is 0 Å². The fourth-order valence-corrected chi connectivity index (χ4v) is 3.58. The number of amides is 2. The van der Waals surface area contributed by atoms with E-state index in [1.807, 2.05) is 31.4 Å². The maximum atomic E-state index is 13.7. The summed E-state index contributed by atoms with van der Waals surface area (Å²) in [5, 5.41) is 6.21. The first-order chi connectivity index (χ1) is 13.9. The fraction of sp³-hybridized carbons (Fsp3) is 0.300. The van der Waals surface area contributed by atoms with Gasteiger partial charge in [-0.2, -0.15) is 0 Å². The Bertz CT molecular complexity index is 998. The molecular weight excluding hydrogens is 393 g/mol. The zero-order valence-electron chi connectivity index (χ0n) is 16.5. The first kappa shape index (κ1) is 20.7. The van der Waals surface area contributed by atoms with E-state index in [2.05, 4.69) is 10.1 Å². The van der Waals surface area contributed by atoms with Crippen LogP contribution in [0, 0.1) is 5.82 Å². The SMILES string of the molecule is CCN(CC)C(=O)CN(C)C(=O)c1nc(-c2cccs2)n(-c2cccc(F)c2)n1. The van der Waals surface area contributed by atoms with Gasteiger partial charge in [-0.05, 0) is 43.5 Å². The molecule has 0 N–H and O–H groups in total. The van der Waals surface area contributed by atoms with Crippen molar-refractivity contribution in [1.82, 2.24) is 24.6 Å². The molecule has 2 aromatic heterocycles. The third-order valence-corrected chi connectivity index (χ3v) is 5.29. The zero-order valence-corrected chi connectivity index (χ0v) is 17.3. The minimum atomic E-state index is -0.474. The highest BCUT2D eigenvalue weighted by Crippen LogP contribution is 2.26. The Morgan fingerprint density at radius 2 is 1.93 bits per heavy atom. The van der Waals surface area contributed by atoms with Gasteiger partial charge in [0.25, 0.3) is 5.91 Å². The third kappa shape index (κ3) is 4.51. The van der Waals surface area contributed by atoms with Gasteiger partial charge in [-0.1, -0.05) is 12.1 Å². The molecule has 2 heterocycles. The van der Waals surface area contributed by atoms with Gasteiger partial charge in [-0.15, -0.1) is 16.4 Å². The highest BCUT2D eigenvalue weighted by Gasteiger charge is 2.24. The van der Waals surface area contributed by atoms with E-state index in [1.54, 1.807) is 17.0 Å². The molecule has 0 saturated heterocycles. The molecule has 1 aromatic carbocycles. The number of likely N-dealkylation sites (N-methyl/N-ethyl adjacent to an activating group) is 2. The maximum Gasteiger partial charge on any atom is 0.293 e. The Balaban J connectivity index is 1.93. The number of aromatic nitrogens is 3. The minimum Gasteiger partial charge on any atom is -0.342 e. The van der Waals surface area contributed by atoms with Crippen LogP contribution in [0.4, 0.5) is 4.39 Å². The number of carbonyl (C=O) groups excluding carboxylic acids is 2. The average Bonchev–Trinajstić information content (AvgIpc) is 3.38. The van der Waals surface area contributed by atoms with Crippen LogP contribution >= 0.6 is 11.3 Å². The first-order valence-corrected chi connectivity index (χ1v) is 10.1. The number of hydrogen-bond acceptors (Lipinski definition) is 5. The van der Waals surface area contributed by atoms with Crippen molar-refractivity contribution < 1.29 is 14.0 Å². The zero-order chi connectivity index (χ0) is 21.0. The summed E-state index contributed by atoms with van der Waals surface area (Å²) in [6.07, 6.45) is 0. The predicted octanol–water partition coefficient (Wildman–Crippen LogP) is 3.08. The number of hydrogen-bond donors (Lipinski definition) is 0. The van der Waals surface area contributed by atoms with Crippen LogP contribution in [0.1, 0.15) is 24.5 Å². The van der Waals surface area contributed by atoms with Gasteiger partial charge < -0.3 is 9.80 Å². The van der Waals surface area contributed by atoms with Crippen LogP contribution in [0.5, 0.6) is 0 Å². The molecule has 3 rings (SSSR count). The van der Waals surface area contributed by atoms with Crippen LogP contribution in [-0.2, 0) is 4.79 Å². The molecule has 0 radical (unpaired) electrons. The molecule has 0 aliphatic carbocycles. The van der Waals surface area contributed by atoms with E-state index < -0.39 is 11.7 Å². The molecule has 0 aliphatic rings. The predicted molar refractivity (Wildman–Crippen MR) is 110 cm³/mol. The summed E-state index contributed by atoms with van der Waals surface area (Å²) < 4.78 is 15.2. The van der Waals surface area contributed by atoms with Gasteiger partial charge in [0.15, 0.2) is 5.82 Å². The molecular formula is C20H22FN5O2S. The van der Waals surface area contributed by atoms with Crippen LogP contribution in [0.25, 0.3) is 16.4 Å². The Labute approximate surface area is 172 Å². The molecule has 0 aliphatic heterocycles. The number of halogens is 1. The second kappa shape index (κ2) is 8.95. The smallest absolute Gasteiger partial charge is 0.293 e.